The Balaban J connectivity index is 1.29. The van der Waals surface area contributed by atoms with Crippen molar-refractivity contribution in [2.45, 2.75) is 103 Å². The number of aliphatic hydroxyl groups excluding tert-OH is 1. The molecule has 170 valence electrons. The zero-order valence-electron chi connectivity index (χ0n) is 19.6. The Morgan fingerprint density at radius 2 is 1.57 bits per heavy atom. The first-order valence-corrected chi connectivity index (χ1v) is 13.4. The van der Waals surface area contributed by atoms with Gasteiger partial charge in [-0.15, -0.1) is 0 Å². The number of hydrogen-bond acceptors (Lipinski definition) is 3. The predicted molar refractivity (Wildman–Crippen MR) is 120 cm³/mol. The molecule has 3 heteroatoms. The van der Waals surface area contributed by atoms with E-state index in [1.807, 2.05) is 0 Å². The lowest BCUT2D eigenvalue weighted by Gasteiger charge is -2.59. The van der Waals surface area contributed by atoms with Crippen LogP contribution in [0.1, 0.15) is 85.0 Å². The minimum Gasteiger partial charge on any atom is -0.393 e. The van der Waals surface area contributed by atoms with E-state index in [0.717, 1.165) is 48.3 Å². The standard InChI is InChI=1S/C27H45NO2/c1-16-4-9-25-27(3,30)23-8-7-19-20-6-5-17-12-18(29)10-11-26(17,2)24(20)13-21(19)22(23)15-28(25)14-16/h16-25,29-30H,4-15H2,1-3H3. The van der Waals surface area contributed by atoms with Crippen molar-refractivity contribution in [2.24, 2.45) is 52.8 Å². The number of nitrogens with zero attached hydrogens (tertiary/aromatic N) is 1. The van der Waals surface area contributed by atoms with Gasteiger partial charge in [0.15, 0.2) is 0 Å². The zero-order valence-corrected chi connectivity index (χ0v) is 19.6. The summed E-state index contributed by atoms with van der Waals surface area (Å²) >= 11 is 0. The van der Waals surface area contributed by atoms with Gasteiger partial charge >= 0.3 is 0 Å². The van der Waals surface area contributed by atoms with E-state index in [9.17, 15) is 10.2 Å². The Kier molecular flexibility index (Phi) is 4.74. The molecule has 0 aromatic rings. The number of fused-ring (bicyclic) bond motifs is 8. The molecule has 0 spiro atoms. The van der Waals surface area contributed by atoms with Gasteiger partial charge in [0.05, 0.1) is 11.7 Å². The lowest BCUT2D eigenvalue weighted by Crippen LogP contribution is -2.67. The highest BCUT2D eigenvalue weighted by molar-refractivity contribution is 5.13. The van der Waals surface area contributed by atoms with E-state index in [1.54, 1.807) is 0 Å². The molecule has 0 aromatic heterocycles. The first kappa shape index (κ1) is 20.5. The smallest absolute Gasteiger partial charge is 0.0805 e. The molecule has 12 atom stereocenters. The second kappa shape index (κ2) is 6.94. The Bertz CT molecular complexity index is 678. The van der Waals surface area contributed by atoms with E-state index in [2.05, 4.69) is 25.7 Å². The van der Waals surface area contributed by atoms with Gasteiger partial charge in [-0.25, -0.2) is 0 Å². The molecule has 4 aliphatic carbocycles. The second-order valence-electron chi connectivity index (χ2n) is 13.3. The van der Waals surface area contributed by atoms with E-state index in [-0.39, 0.29) is 6.10 Å². The molecule has 2 aliphatic heterocycles. The minimum atomic E-state index is -0.497. The molecule has 4 saturated carbocycles. The maximum absolute atomic E-state index is 11.8. The Morgan fingerprint density at radius 3 is 2.40 bits per heavy atom. The molecular weight excluding hydrogens is 370 g/mol. The summed E-state index contributed by atoms with van der Waals surface area (Å²) in [7, 11) is 0. The van der Waals surface area contributed by atoms with E-state index in [4.69, 9.17) is 0 Å². The first-order valence-electron chi connectivity index (χ1n) is 13.4. The summed E-state index contributed by atoms with van der Waals surface area (Å²) in [5, 5.41) is 22.1. The lowest BCUT2D eigenvalue weighted by atomic mass is 9.52. The molecule has 0 radical (unpaired) electrons. The molecule has 6 aliphatic rings. The van der Waals surface area contributed by atoms with Gasteiger partial charge < -0.3 is 10.2 Å². The van der Waals surface area contributed by atoms with E-state index in [0.29, 0.717) is 23.3 Å². The van der Waals surface area contributed by atoms with Crippen molar-refractivity contribution in [1.82, 2.24) is 4.90 Å². The van der Waals surface area contributed by atoms with Crippen LogP contribution < -0.4 is 0 Å². The molecular formula is C27H45NO2. The van der Waals surface area contributed by atoms with E-state index < -0.39 is 5.60 Å². The summed E-state index contributed by atoms with van der Waals surface area (Å²) in [6, 6.07) is 0.400. The van der Waals surface area contributed by atoms with Crippen LogP contribution in [0.25, 0.3) is 0 Å². The molecule has 0 bridgehead atoms. The summed E-state index contributed by atoms with van der Waals surface area (Å²) < 4.78 is 0. The lowest BCUT2D eigenvalue weighted by molar-refractivity contribution is -0.175. The average molecular weight is 416 g/mol. The van der Waals surface area contributed by atoms with Crippen LogP contribution in [0.5, 0.6) is 0 Å². The largest absolute Gasteiger partial charge is 0.393 e. The van der Waals surface area contributed by atoms with Crippen molar-refractivity contribution in [3.63, 3.8) is 0 Å². The van der Waals surface area contributed by atoms with Gasteiger partial charge in [0.25, 0.3) is 0 Å². The van der Waals surface area contributed by atoms with Crippen molar-refractivity contribution in [3.8, 4) is 0 Å². The zero-order chi connectivity index (χ0) is 20.8. The van der Waals surface area contributed by atoms with Crippen LogP contribution in [-0.4, -0.2) is 45.9 Å². The number of rotatable bonds is 0. The summed E-state index contributed by atoms with van der Waals surface area (Å²) in [5.74, 6) is 6.32. The van der Waals surface area contributed by atoms with Gasteiger partial charge in [0, 0.05) is 19.1 Å². The fourth-order valence-corrected chi connectivity index (χ4v) is 10.6. The molecule has 0 amide bonds. The van der Waals surface area contributed by atoms with Crippen molar-refractivity contribution in [1.29, 1.82) is 0 Å². The SMILES string of the molecule is CC1CCC2N(C1)CC1C3CC4C(CCC5CC(O)CCC54C)C3CCC1C2(C)O. The molecule has 6 rings (SSSR count). The summed E-state index contributed by atoms with van der Waals surface area (Å²) in [6.45, 7) is 9.68. The van der Waals surface area contributed by atoms with Gasteiger partial charge in [-0.3, -0.25) is 4.90 Å². The van der Waals surface area contributed by atoms with E-state index >= 15 is 0 Å². The maximum Gasteiger partial charge on any atom is 0.0805 e. The van der Waals surface area contributed by atoms with Crippen molar-refractivity contribution < 1.29 is 10.2 Å². The van der Waals surface area contributed by atoms with E-state index in [1.165, 1.54) is 64.5 Å². The van der Waals surface area contributed by atoms with Crippen LogP contribution >= 0.6 is 0 Å². The van der Waals surface area contributed by atoms with Crippen LogP contribution in [0.15, 0.2) is 0 Å². The van der Waals surface area contributed by atoms with Crippen molar-refractivity contribution >= 4 is 0 Å². The minimum absolute atomic E-state index is 0.0425. The molecule has 2 heterocycles. The summed E-state index contributed by atoms with van der Waals surface area (Å²) in [5.41, 5.74) is -0.0302. The molecule has 2 N–H and O–H groups in total. The quantitative estimate of drug-likeness (QED) is 0.602. The summed E-state index contributed by atoms with van der Waals surface area (Å²) in [4.78, 5) is 2.72. The third-order valence-corrected chi connectivity index (χ3v) is 12.0. The molecule has 6 fully saturated rings. The van der Waals surface area contributed by atoms with Gasteiger partial charge in [-0.2, -0.15) is 0 Å². The van der Waals surface area contributed by atoms with Crippen LogP contribution in [-0.2, 0) is 0 Å². The average Bonchev–Trinajstić information content (AvgIpc) is 3.09. The van der Waals surface area contributed by atoms with Gasteiger partial charge in [-0.1, -0.05) is 13.8 Å². The second-order valence-corrected chi connectivity index (χ2v) is 13.3. The topological polar surface area (TPSA) is 43.7 Å². The van der Waals surface area contributed by atoms with Gasteiger partial charge in [0.1, 0.15) is 0 Å². The molecule has 3 nitrogen and oxygen atoms in total. The highest BCUT2D eigenvalue weighted by Crippen LogP contribution is 2.67. The molecule has 0 aromatic carbocycles. The Labute approximate surface area is 184 Å². The van der Waals surface area contributed by atoms with Crippen molar-refractivity contribution in [2.75, 3.05) is 13.1 Å². The van der Waals surface area contributed by atoms with Crippen LogP contribution in [0.3, 0.4) is 0 Å². The molecule has 12 unspecified atom stereocenters. The third kappa shape index (κ3) is 2.80. The Hall–Kier alpha value is -0.120. The number of piperidine rings is 2. The van der Waals surface area contributed by atoms with Crippen LogP contribution in [0.4, 0.5) is 0 Å². The molecule has 2 saturated heterocycles. The normalized spacial score (nSPS) is 60.7. The van der Waals surface area contributed by atoms with Crippen LogP contribution in [0, 0.1) is 52.8 Å². The molecule has 30 heavy (non-hydrogen) atoms. The van der Waals surface area contributed by atoms with Gasteiger partial charge in [-0.05, 0) is 124 Å². The fraction of sp³-hybridized carbons (Fsp3) is 1.00. The maximum atomic E-state index is 11.8. The summed E-state index contributed by atoms with van der Waals surface area (Å²) in [6.07, 6.45) is 12.6. The monoisotopic (exact) mass is 415 g/mol. The highest BCUT2D eigenvalue weighted by Gasteiger charge is 2.63. The van der Waals surface area contributed by atoms with Gasteiger partial charge in [0.2, 0.25) is 0 Å². The highest BCUT2D eigenvalue weighted by atomic mass is 16.3. The van der Waals surface area contributed by atoms with Crippen molar-refractivity contribution in [3.05, 3.63) is 0 Å². The third-order valence-electron chi connectivity index (χ3n) is 12.0. The fourth-order valence-electron chi connectivity index (χ4n) is 10.6. The Morgan fingerprint density at radius 1 is 0.767 bits per heavy atom. The predicted octanol–water partition coefficient (Wildman–Crippen LogP) is 4.71. The number of hydrogen-bond donors (Lipinski definition) is 2. The number of aliphatic hydroxyl groups is 2. The van der Waals surface area contributed by atoms with Crippen LogP contribution in [0.2, 0.25) is 0 Å². The first-order chi connectivity index (χ1) is 14.3.